The van der Waals surface area contributed by atoms with E-state index in [1.54, 1.807) is 28.9 Å². The number of nitrogens with zero attached hydrogens (tertiary/aromatic N) is 5. The first kappa shape index (κ1) is 17.2. The molecule has 7 nitrogen and oxygen atoms in total. The van der Waals surface area contributed by atoms with Gasteiger partial charge in [-0.2, -0.15) is 0 Å². The Morgan fingerprint density at radius 3 is 2.70 bits per heavy atom. The number of rotatable bonds is 5. The highest BCUT2D eigenvalue weighted by Gasteiger charge is 2.09. The maximum atomic E-state index is 11.6. The molecule has 4 rings (SSSR count). The normalized spacial score (nSPS) is 10.5. The van der Waals surface area contributed by atoms with Crippen LogP contribution in [0.1, 0.15) is 0 Å². The van der Waals surface area contributed by atoms with Gasteiger partial charge in [0.1, 0.15) is 6.54 Å². The van der Waals surface area contributed by atoms with Gasteiger partial charge in [0.05, 0.1) is 10.2 Å². The van der Waals surface area contributed by atoms with Gasteiger partial charge in [0, 0.05) is 22.2 Å². The lowest BCUT2D eigenvalue weighted by molar-refractivity contribution is -0.114. The van der Waals surface area contributed by atoms with E-state index in [4.69, 9.17) is 5.53 Å². The van der Waals surface area contributed by atoms with Crippen molar-refractivity contribution in [3.63, 3.8) is 0 Å². The van der Waals surface area contributed by atoms with Gasteiger partial charge in [0.15, 0.2) is 10.0 Å². The minimum Gasteiger partial charge on any atom is -0.326 e. The Balaban J connectivity index is 1.56. The van der Waals surface area contributed by atoms with Crippen LogP contribution in [0.2, 0.25) is 0 Å². The SMILES string of the molecule is [N-]=[N+]=NCC(=O)Nc1ccc(-c2ccc3nc(-c4nccs4)sc3c2)cc1. The van der Waals surface area contributed by atoms with Crippen LogP contribution in [-0.2, 0) is 4.79 Å². The van der Waals surface area contributed by atoms with Crippen molar-refractivity contribution in [3.8, 4) is 21.1 Å². The number of carbonyl (C=O) groups excluding carboxylic acids is 1. The average Bonchev–Trinajstić information content (AvgIpc) is 3.35. The Bertz CT molecular complexity index is 1140. The zero-order valence-corrected chi connectivity index (χ0v) is 15.5. The number of hydrogen-bond donors (Lipinski definition) is 1. The highest BCUT2D eigenvalue weighted by atomic mass is 32.1. The third kappa shape index (κ3) is 3.80. The Morgan fingerprint density at radius 2 is 1.96 bits per heavy atom. The molecule has 1 N–H and O–H groups in total. The quantitative estimate of drug-likeness (QED) is 0.282. The molecule has 0 aliphatic carbocycles. The summed E-state index contributed by atoms with van der Waals surface area (Å²) in [6.07, 6.45) is 1.78. The van der Waals surface area contributed by atoms with E-state index in [1.807, 2.05) is 41.8 Å². The first-order chi connectivity index (χ1) is 13.2. The maximum absolute atomic E-state index is 11.6. The molecule has 1 amide bonds. The Labute approximate surface area is 162 Å². The molecule has 9 heteroatoms. The molecule has 2 heterocycles. The van der Waals surface area contributed by atoms with Gasteiger partial charge in [-0.3, -0.25) is 4.79 Å². The van der Waals surface area contributed by atoms with E-state index in [0.29, 0.717) is 5.69 Å². The molecule has 0 atom stereocenters. The van der Waals surface area contributed by atoms with Crippen LogP contribution < -0.4 is 5.32 Å². The van der Waals surface area contributed by atoms with E-state index in [1.165, 1.54) is 0 Å². The number of carbonyl (C=O) groups is 1. The van der Waals surface area contributed by atoms with Gasteiger partial charge in [-0.25, -0.2) is 9.97 Å². The van der Waals surface area contributed by atoms with Crippen molar-refractivity contribution in [2.45, 2.75) is 0 Å². The monoisotopic (exact) mass is 392 g/mol. The van der Waals surface area contributed by atoms with Crippen molar-refractivity contribution in [1.82, 2.24) is 9.97 Å². The highest BCUT2D eigenvalue weighted by molar-refractivity contribution is 7.25. The molecule has 27 heavy (non-hydrogen) atoms. The third-order valence-electron chi connectivity index (χ3n) is 3.78. The van der Waals surface area contributed by atoms with Gasteiger partial charge >= 0.3 is 0 Å². The largest absolute Gasteiger partial charge is 0.326 e. The summed E-state index contributed by atoms with van der Waals surface area (Å²) in [5, 5.41) is 9.73. The van der Waals surface area contributed by atoms with Crippen LogP contribution in [0.5, 0.6) is 0 Å². The first-order valence-electron chi connectivity index (χ1n) is 7.94. The molecule has 0 unspecified atom stereocenters. The molecule has 0 spiro atoms. The molecule has 0 saturated heterocycles. The number of fused-ring (bicyclic) bond motifs is 1. The van der Waals surface area contributed by atoms with Crippen LogP contribution in [0.4, 0.5) is 5.69 Å². The summed E-state index contributed by atoms with van der Waals surface area (Å²) in [6, 6.07) is 13.7. The van der Waals surface area contributed by atoms with E-state index in [-0.39, 0.29) is 12.5 Å². The lowest BCUT2D eigenvalue weighted by atomic mass is 10.1. The number of aromatic nitrogens is 2. The molecule has 0 aliphatic heterocycles. The van der Waals surface area contributed by atoms with Crippen LogP contribution in [-0.4, -0.2) is 22.4 Å². The minimum atomic E-state index is -0.346. The third-order valence-corrected chi connectivity index (χ3v) is 5.72. The molecule has 4 aromatic rings. The predicted molar refractivity (Wildman–Crippen MR) is 109 cm³/mol. The second kappa shape index (κ2) is 7.55. The number of thiazole rings is 2. The van der Waals surface area contributed by atoms with E-state index < -0.39 is 0 Å². The smallest absolute Gasteiger partial charge is 0.230 e. The van der Waals surface area contributed by atoms with Crippen molar-refractivity contribution >= 4 is 44.5 Å². The molecule has 0 fully saturated rings. The molecular formula is C18H12N6OS2. The summed E-state index contributed by atoms with van der Waals surface area (Å²) in [7, 11) is 0. The molecule has 0 radical (unpaired) electrons. The number of amides is 1. The van der Waals surface area contributed by atoms with E-state index in [0.717, 1.165) is 31.4 Å². The van der Waals surface area contributed by atoms with Crippen LogP contribution >= 0.6 is 22.7 Å². The van der Waals surface area contributed by atoms with Gasteiger partial charge in [-0.15, -0.1) is 22.7 Å². The number of azide groups is 1. The first-order valence-corrected chi connectivity index (χ1v) is 9.64. The van der Waals surface area contributed by atoms with Gasteiger partial charge < -0.3 is 5.32 Å². The molecule has 2 aromatic carbocycles. The van der Waals surface area contributed by atoms with Crippen LogP contribution in [0.3, 0.4) is 0 Å². The van der Waals surface area contributed by atoms with Gasteiger partial charge in [0.25, 0.3) is 0 Å². The van der Waals surface area contributed by atoms with Crippen molar-refractivity contribution in [3.05, 3.63) is 64.5 Å². The van der Waals surface area contributed by atoms with Crippen molar-refractivity contribution in [2.24, 2.45) is 5.11 Å². The Hall–Kier alpha value is -3.26. The van der Waals surface area contributed by atoms with Crippen LogP contribution in [0.15, 0.2) is 59.2 Å². The predicted octanol–water partition coefficient (Wildman–Crippen LogP) is 5.34. The molecular weight excluding hydrogens is 380 g/mol. The zero-order chi connectivity index (χ0) is 18.6. The summed E-state index contributed by atoms with van der Waals surface area (Å²) < 4.78 is 1.10. The summed E-state index contributed by atoms with van der Waals surface area (Å²) >= 11 is 3.20. The van der Waals surface area contributed by atoms with Gasteiger partial charge in [-0.1, -0.05) is 23.3 Å². The summed E-state index contributed by atoms with van der Waals surface area (Å²) in [5.74, 6) is -0.346. The van der Waals surface area contributed by atoms with E-state index in [9.17, 15) is 4.79 Å². The van der Waals surface area contributed by atoms with E-state index in [2.05, 4.69) is 31.4 Å². The van der Waals surface area contributed by atoms with Gasteiger partial charge in [0.2, 0.25) is 5.91 Å². The molecule has 132 valence electrons. The molecule has 0 aliphatic rings. The maximum Gasteiger partial charge on any atom is 0.230 e. The van der Waals surface area contributed by atoms with Crippen LogP contribution in [0.25, 0.3) is 41.8 Å². The molecule has 0 bridgehead atoms. The minimum absolute atomic E-state index is 0.221. The summed E-state index contributed by atoms with van der Waals surface area (Å²) in [6.45, 7) is -0.221. The van der Waals surface area contributed by atoms with Crippen LogP contribution in [0, 0.1) is 0 Å². The second-order valence-electron chi connectivity index (χ2n) is 5.55. The van der Waals surface area contributed by atoms with Crippen molar-refractivity contribution < 1.29 is 4.79 Å². The summed E-state index contributed by atoms with van der Waals surface area (Å²) in [5.41, 5.74) is 12.0. The number of hydrogen-bond acceptors (Lipinski definition) is 6. The fraction of sp³-hybridized carbons (Fsp3) is 0.0556. The lowest BCUT2D eigenvalue weighted by Gasteiger charge is -2.06. The topological polar surface area (TPSA) is 104 Å². The zero-order valence-electron chi connectivity index (χ0n) is 13.9. The lowest BCUT2D eigenvalue weighted by Crippen LogP contribution is -2.14. The number of anilines is 1. The van der Waals surface area contributed by atoms with Gasteiger partial charge in [-0.05, 0) is 40.9 Å². The van der Waals surface area contributed by atoms with E-state index >= 15 is 0 Å². The number of benzene rings is 2. The Morgan fingerprint density at radius 1 is 1.15 bits per heavy atom. The number of nitrogens with one attached hydrogen (secondary N) is 1. The van der Waals surface area contributed by atoms with Crippen molar-refractivity contribution in [1.29, 1.82) is 0 Å². The highest BCUT2D eigenvalue weighted by Crippen LogP contribution is 2.34. The summed E-state index contributed by atoms with van der Waals surface area (Å²) in [4.78, 5) is 23.1. The fourth-order valence-electron chi connectivity index (χ4n) is 2.57. The Kier molecular flexibility index (Phi) is 4.80. The molecule has 2 aromatic heterocycles. The standard InChI is InChI=1S/C18H12N6OS2/c19-24-21-10-16(25)22-13-4-1-11(2-5-13)12-3-6-14-15(9-12)27-18(23-14)17-20-7-8-26-17/h1-9H,10H2,(H,22,25). The molecule has 0 saturated carbocycles. The van der Waals surface area contributed by atoms with Crippen molar-refractivity contribution in [2.75, 3.05) is 11.9 Å². The average molecular weight is 392 g/mol. The second-order valence-corrected chi connectivity index (χ2v) is 7.48. The fourth-order valence-corrected chi connectivity index (χ4v) is 4.25.